The highest BCUT2D eigenvalue weighted by atomic mass is 16.5. The number of fused-ring (bicyclic) bond motifs is 10. The molecular formula is C38H44N4O4. The predicted octanol–water partition coefficient (Wildman–Crippen LogP) is 2.94. The lowest BCUT2D eigenvalue weighted by Gasteiger charge is -2.18. The van der Waals surface area contributed by atoms with E-state index in [-0.39, 0.29) is 0 Å². The molecule has 0 aliphatic carbocycles. The van der Waals surface area contributed by atoms with E-state index in [1.54, 1.807) is 0 Å². The summed E-state index contributed by atoms with van der Waals surface area (Å²) >= 11 is 0. The molecule has 0 radical (unpaired) electrons. The van der Waals surface area contributed by atoms with E-state index in [1.807, 2.05) is 48.5 Å². The first kappa shape index (κ1) is 33.1. The van der Waals surface area contributed by atoms with Gasteiger partial charge in [0.2, 0.25) is 0 Å². The first-order valence-corrected chi connectivity index (χ1v) is 16.2. The lowest BCUT2D eigenvalue weighted by molar-refractivity contribution is 0.290. The van der Waals surface area contributed by atoms with Crippen LogP contribution < -0.4 is 18.9 Å². The van der Waals surface area contributed by atoms with Gasteiger partial charge in [-0.1, -0.05) is 59.5 Å². The van der Waals surface area contributed by atoms with Crippen molar-refractivity contribution >= 4 is 0 Å². The molecule has 2 aromatic rings. The van der Waals surface area contributed by atoms with E-state index in [4.69, 9.17) is 18.9 Å². The van der Waals surface area contributed by atoms with Crippen LogP contribution in [0.5, 0.6) is 23.0 Å². The first-order chi connectivity index (χ1) is 22.8. The molecular weight excluding hydrogens is 576 g/mol. The minimum atomic E-state index is 0.345. The van der Waals surface area contributed by atoms with E-state index in [1.165, 1.54) is 0 Å². The minimum Gasteiger partial charge on any atom is -0.481 e. The van der Waals surface area contributed by atoms with Crippen LogP contribution in [0, 0.1) is 47.4 Å². The second-order valence-corrected chi connectivity index (χ2v) is 11.3. The molecule has 46 heavy (non-hydrogen) atoms. The first-order valence-electron chi connectivity index (χ1n) is 16.2. The van der Waals surface area contributed by atoms with Gasteiger partial charge in [-0.2, -0.15) is 0 Å². The Labute approximate surface area is 274 Å². The lowest BCUT2D eigenvalue weighted by atomic mass is 10.3. The topological polar surface area (TPSA) is 49.9 Å². The van der Waals surface area contributed by atoms with Crippen LogP contribution in [0.25, 0.3) is 0 Å². The Morgan fingerprint density at radius 1 is 0.370 bits per heavy atom. The smallest absolute Gasteiger partial charge is 0.149 e. The second kappa shape index (κ2) is 19.3. The van der Waals surface area contributed by atoms with Crippen molar-refractivity contribution in [3.8, 4) is 70.4 Å². The van der Waals surface area contributed by atoms with Crippen LogP contribution in [0.1, 0.15) is 12.8 Å². The third-order valence-corrected chi connectivity index (χ3v) is 7.93. The van der Waals surface area contributed by atoms with E-state index < -0.39 is 0 Å². The number of benzene rings is 2. The van der Waals surface area contributed by atoms with Crippen molar-refractivity contribution in [1.29, 1.82) is 0 Å². The van der Waals surface area contributed by atoms with E-state index in [2.05, 4.69) is 67.0 Å². The SMILES string of the molecule is C1#CCN2CCCN(CC#CCOc3cccc(c3)OCC#CCN3CCCN(CC#CCOc4cccc(c4)OC1)CC3)CC2. The third-order valence-electron chi connectivity index (χ3n) is 7.93. The van der Waals surface area contributed by atoms with Crippen LogP contribution in [-0.4, -0.2) is 125 Å². The van der Waals surface area contributed by atoms with E-state index in [9.17, 15) is 0 Å². The Morgan fingerprint density at radius 2 is 0.652 bits per heavy atom. The van der Waals surface area contributed by atoms with Gasteiger partial charge in [-0.15, -0.1) is 0 Å². The number of hydrogen-bond acceptors (Lipinski definition) is 8. The summed E-state index contributed by atoms with van der Waals surface area (Å²) in [4.78, 5) is 9.58. The maximum atomic E-state index is 5.86. The van der Waals surface area contributed by atoms with Crippen molar-refractivity contribution in [2.45, 2.75) is 12.8 Å². The highest BCUT2D eigenvalue weighted by Crippen LogP contribution is 2.20. The molecule has 3 aliphatic heterocycles. The Hall–Kier alpha value is -4.28. The van der Waals surface area contributed by atoms with Crippen molar-refractivity contribution in [3.05, 3.63) is 48.5 Å². The largest absolute Gasteiger partial charge is 0.481 e. The molecule has 0 saturated carbocycles. The van der Waals surface area contributed by atoms with Crippen molar-refractivity contribution in [1.82, 2.24) is 19.6 Å². The Bertz CT molecular complexity index is 1280. The number of ether oxygens (including phenoxy) is 4. The summed E-state index contributed by atoms with van der Waals surface area (Å²) in [5.74, 6) is 28.7. The van der Waals surface area contributed by atoms with Gasteiger partial charge in [0.25, 0.3) is 0 Å². The minimum absolute atomic E-state index is 0.345. The van der Waals surface area contributed by atoms with Gasteiger partial charge >= 0.3 is 0 Å². The fraction of sp³-hybridized carbons (Fsp3) is 0.474. The van der Waals surface area contributed by atoms with Crippen molar-refractivity contribution in [2.24, 2.45) is 0 Å². The summed E-state index contributed by atoms with van der Waals surface area (Å²) in [7, 11) is 0. The average Bonchev–Trinajstić information content (AvgIpc) is 3.45. The maximum absolute atomic E-state index is 5.86. The zero-order valence-corrected chi connectivity index (χ0v) is 26.8. The van der Waals surface area contributed by atoms with Gasteiger partial charge in [0, 0.05) is 64.5 Å². The molecule has 3 aliphatic rings. The molecule has 8 heteroatoms. The monoisotopic (exact) mass is 620 g/mol. The van der Waals surface area contributed by atoms with Crippen LogP contribution in [-0.2, 0) is 0 Å². The van der Waals surface area contributed by atoms with Crippen LogP contribution in [0.15, 0.2) is 48.5 Å². The van der Waals surface area contributed by atoms with Gasteiger partial charge in [0.05, 0.1) is 26.2 Å². The summed E-state index contributed by atoms with van der Waals surface area (Å²) < 4.78 is 23.5. The zero-order valence-electron chi connectivity index (χ0n) is 26.8. The van der Waals surface area contributed by atoms with Crippen LogP contribution in [0.4, 0.5) is 0 Å². The normalized spacial score (nSPS) is 24.5. The van der Waals surface area contributed by atoms with Crippen LogP contribution in [0.2, 0.25) is 0 Å². The molecule has 0 spiro atoms. The zero-order chi connectivity index (χ0) is 31.5. The highest BCUT2D eigenvalue weighted by molar-refractivity contribution is 5.34. The highest BCUT2D eigenvalue weighted by Gasteiger charge is 2.14. The summed E-state index contributed by atoms with van der Waals surface area (Å²) in [6, 6.07) is 15.3. The molecule has 4 unspecified atom stereocenters. The molecule has 0 N–H and O–H groups in total. The van der Waals surface area contributed by atoms with Crippen LogP contribution in [0.3, 0.4) is 0 Å². The van der Waals surface area contributed by atoms with Gasteiger partial charge in [-0.25, -0.2) is 0 Å². The fourth-order valence-corrected chi connectivity index (χ4v) is 5.34. The van der Waals surface area contributed by atoms with E-state index >= 15 is 0 Å². The summed E-state index contributed by atoms with van der Waals surface area (Å²) in [6.45, 7) is 12.4. The molecule has 2 saturated heterocycles. The quantitative estimate of drug-likeness (QED) is 0.417. The fourth-order valence-electron chi connectivity index (χ4n) is 5.34. The molecule has 2 fully saturated rings. The molecule has 0 amide bonds. The van der Waals surface area contributed by atoms with E-state index in [0.29, 0.717) is 26.4 Å². The second-order valence-electron chi connectivity index (χ2n) is 11.3. The molecule has 8 bridgehead atoms. The van der Waals surface area contributed by atoms with Gasteiger partial charge < -0.3 is 18.9 Å². The Balaban J connectivity index is 1.16. The summed E-state index contributed by atoms with van der Waals surface area (Å²) in [5.41, 5.74) is 0. The summed E-state index contributed by atoms with van der Waals surface area (Å²) in [6.07, 6.45) is 2.20. The molecule has 4 atom stereocenters. The van der Waals surface area contributed by atoms with Crippen molar-refractivity contribution in [3.63, 3.8) is 0 Å². The Kier molecular flexibility index (Phi) is 13.9. The average molecular weight is 621 g/mol. The van der Waals surface area contributed by atoms with Gasteiger partial charge in [-0.05, 0) is 37.1 Å². The van der Waals surface area contributed by atoms with E-state index in [0.717, 1.165) is 114 Å². The standard InChI is InChI=1S/C38H44N4O4/c1-5-29-43-35-13-9-14-36(33-35)44-30-7-3-19-41-23-12-24-42(28-27-41)20-4-8-32-46-38-16-10-15-37(34-38)45-31-6-2-18-40-22-11-21-39(17-1)25-26-40/h9-10,13-16,33-34H,11-12,17-32H2. The van der Waals surface area contributed by atoms with Crippen LogP contribution >= 0.6 is 0 Å². The number of rotatable bonds is 0. The number of nitrogens with zero attached hydrogens (tertiary/aromatic N) is 4. The molecule has 240 valence electrons. The van der Waals surface area contributed by atoms with Crippen molar-refractivity contribution in [2.75, 3.05) is 105 Å². The third kappa shape index (κ3) is 12.3. The maximum Gasteiger partial charge on any atom is 0.149 e. The Morgan fingerprint density at radius 3 is 0.935 bits per heavy atom. The summed E-state index contributed by atoms with van der Waals surface area (Å²) in [5, 5.41) is 0. The van der Waals surface area contributed by atoms with Gasteiger partial charge in [-0.3, -0.25) is 19.6 Å². The van der Waals surface area contributed by atoms with Crippen molar-refractivity contribution < 1.29 is 18.9 Å². The predicted molar refractivity (Wildman–Crippen MR) is 181 cm³/mol. The molecule has 0 aromatic heterocycles. The van der Waals surface area contributed by atoms with Gasteiger partial charge in [0.1, 0.15) is 49.4 Å². The van der Waals surface area contributed by atoms with Gasteiger partial charge in [0.15, 0.2) is 0 Å². The molecule has 3 heterocycles. The molecule has 2 aromatic carbocycles. The molecule has 5 rings (SSSR count). The lowest BCUT2D eigenvalue weighted by Crippen LogP contribution is -2.31. The number of hydrogen-bond donors (Lipinski definition) is 0. The molecule has 8 nitrogen and oxygen atoms in total.